The number of imidazole rings is 1. The first-order valence-electron chi connectivity index (χ1n) is 7.24. The predicted molar refractivity (Wildman–Crippen MR) is 80.2 cm³/mol. The molecule has 1 aromatic carbocycles. The van der Waals surface area contributed by atoms with Crippen molar-refractivity contribution in [3.63, 3.8) is 0 Å². The number of nitrogens with zero attached hydrogens (tertiary/aromatic N) is 2. The van der Waals surface area contributed by atoms with E-state index in [0.29, 0.717) is 12.1 Å². The molecule has 1 aromatic heterocycles. The number of amides is 2. The largest absolute Gasteiger partial charge is 0.573 e. The second kappa shape index (κ2) is 8.23. The van der Waals surface area contributed by atoms with Crippen molar-refractivity contribution in [2.45, 2.75) is 25.9 Å². The van der Waals surface area contributed by atoms with Gasteiger partial charge in [-0.1, -0.05) is 12.1 Å². The van der Waals surface area contributed by atoms with Crippen LogP contribution in [0.4, 0.5) is 18.0 Å². The number of carbonyl (C=O) groups is 1. The molecule has 0 spiro atoms. The molecule has 130 valence electrons. The number of rotatable bonds is 7. The molecule has 0 saturated carbocycles. The lowest BCUT2D eigenvalue weighted by molar-refractivity contribution is -0.274. The maximum atomic E-state index is 12.0. The predicted octanol–water partition coefficient (Wildman–Crippen LogP) is 2.67. The summed E-state index contributed by atoms with van der Waals surface area (Å²) in [4.78, 5) is 15.5. The van der Waals surface area contributed by atoms with Gasteiger partial charge in [-0.2, -0.15) is 0 Å². The van der Waals surface area contributed by atoms with Crippen LogP contribution in [-0.2, 0) is 13.1 Å². The molecule has 9 heteroatoms. The van der Waals surface area contributed by atoms with E-state index >= 15 is 0 Å². The molecular formula is C15H17F3N4O2. The highest BCUT2D eigenvalue weighted by atomic mass is 19.4. The number of hydrogen-bond acceptors (Lipinski definition) is 3. The zero-order valence-corrected chi connectivity index (χ0v) is 12.7. The molecule has 2 aromatic rings. The smallest absolute Gasteiger partial charge is 0.406 e. The zero-order chi connectivity index (χ0) is 17.4. The molecule has 0 aliphatic carbocycles. The van der Waals surface area contributed by atoms with Crippen molar-refractivity contribution in [1.82, 2.24) is 20.2 Å². The van der Waals surface area contributed by atoms with Gasteiger partial charge in [0.05, 0.1) is 6.33 Å². The van der Waals surface area contributed by atoms with Gasteiger partial charge in [-0.3, -0.25) is 0 Å². The van der Waals surface area contributed by atoms with Crippen molar-refractivity contribution < 1.29 is 22.7 Å². The van der Waals surface area contributed by atoms with Crippen LogP contribution in [0.2, 0.25) is 0 Å². The van der Waals surface area contributed by atoms with Gasteiger partial charge in [0.25, 0.3) is 0 Å². The van der Waals surface area contributed by atoms with Gasteiger partial charge in [-0.05, 0) is 24.1 Å². The molecule has 0 saturated heterocycles. The van der Waals surface area contributed by atoms with E-state index in [2.05, 4.69) is 20.4 Å². The Morgan fingerprint density at radius 3 is 2.58 bits per heavy atom. The number of carbonyl (C=O) groups excluding carboxylic acids is 1. The van der Waals surface area contributed by atoms with Gasteiger partial charge in [0.2, 0.25) is 0 Å². The minimum atomic E-state index is -4.71. The number of aromatic nitrogens is 2. The van der Waals surface area contributed by atoms with E-state index in [-0.39, 0.29) is 18.3 Å². The summed E-state index contributed by atoms with van der Waals surface area (Å²) in [7, 11) is 0. The fraction of sp³-hybridized carbons (Fsp3) is 0.333. The second-order valence-corrected chi connectivity index (χ2v) is 4.96. The van der Waals surface area contributed by atoms with Gasteiger partial charge < -0.3 is 19.9 Å². The van der Waals surface area contributed by atoms with Crippen molar-refractivity contribution in [3.05, 3.63) is 48.5 Å². The molecule has 0 aliphatic rings. The number of hydrogen-bond donors (Lipinski definition) is 2. The van der Waals surface area contributed by atoms with Crippen molar-refractivity contribution in [2.24, 2.45) is 0 Å². The van der Waals surface area contributed by atoms with E-state index in [4.69, 9.17) is 0 Å². The molecule has 6 nitrogen and oxygen atoms in total. The van der Waals surface area contributed by atoms with E-state index in [1.807, 2.05) is 10.8 Å². The lowest BCUT2D eigenvalue weighted by Gasteiger charge is -2.10. The number of aryl methyl sites for hydroxylation is 1. The first kappa shape index (κ1) is 17.6. The van der Waals surface area contributed by atoms with E-state index in [0.717, 1.165) is 13.0 Å². The van der Waals surface area contributed by atoms with Crippen LogP contribution < -0.4 is 15.4 Å². The van der Waals surface area contributed by atoms with Crippen LogP contribution in [0.3, 0.4) is 0 Å². The maximum Gasteiger partial charge on any atom is 0.573 e. The lowest BCUT2D eigenvalue weighted by atomic mass is 10.2. The van der Waals surface area contributed by atoms with Gasteiger partial charge in [-0.15, -0.1) is 13.2 Å². The summed E-state index contributed by atoms with van der Waals surface area (Å²) in [5.41, 5.74) is 0.665. The highest BCUT2D eigenvalue weighted by Crippen LogP contribution is 2.22. The van der Waals surface area contributed by atoms with Crippen molar-refractivity contribution in [1.29, 1.82) is 0 Å². The Balaban J connectivity index is 1.64. The number of urea groups is 1. The van der Waals surface area contributed by atoms with Crippen LogP contribution in [0, 0.1) is 0 Å². The molecule has 0 atom stereocenters. The summed E-state index contributed by atoms with van der Waals surface area (Å²) >= 11 is 0. The van der Waals surface area contributed by atoms with Gasteiger partial charge >= 0.3 is 12.4 Å². The minimum absolute atomic E-state index is 0.208. The average molecular weight is 342 g/mol. The van der Waals surface area contributed by atoms with E-state index < -0.39 is 6.36 Å². The average Bonchev–Trinajstić information content (AvgIpc) is 3.03. The van der Waals surface area contributed by atoms with Crippen LogP contribution in [0.5, 0.6) is 5.75 Å². The lowest BCUT2D eigenvalue weighted by Crippen LogP contribution is -2.35. The molecule has 1 heterocycles. The number of halogens is 3. The molecule has 24 heavy (non-hydrogen) atoms. The van der Waals surface area contributed by atoms with Gasteiger partial charge in [0, 0.05) is 32.0 Å². The van der Waals surface area contributed by atoms with Crippen LogP contribution in [0.15, 0.2) is 43.0 Å². The Morgan fingerprint density at radius 1 is 1.21 bits per heavy atom. The Kier molecular flexibility index (Phi) is 6.05. The molecule has 0 aliphatic heterocycles. The Labute approximate surface area is 136 Å². The highest BCUT2D eigenvalue weighted by Gasteiger charge is 2.30. The van der Waals surface area contributed by atoms with Crippen LogP contribution in [-0.4, -0.2) is 28.5 Å². The summed E-state index contributed by atoms with van der Waals surface area (Å²) in [5, 5.41) is 5.33. The molecule has 0 unspecified atom stereocenters. The molecular weight excluding hydrogens is 325 g/mol. The van der Waals surface area contributed by atoms with Crippen LogP contribution >= 0.6 is 0 Å². The van der Waals surface area contributed by atoms with Crippen LogP contribution in [0.25, 0.3) is 0 Å². The summed E-state index contributed by atoms with van der Waals surface area (Å²) in [6.45, 7) is 1.46. The van der Waals surface area contributed by atoms with Gasteiger partial charge in [-0.25, -0.2) is 9.78 Å². The number of ether oxygens (including phenoxy) is 1. The molecule has 2 N–H and O–H groups in total. The Hall–Kier alpha value is -2.71. The number of benzene rings is 1. The Bertz CT molecular complexity index is 627. The van der Waals surface area contributed by atoms with E-state index in [9.17, 15) is 18.0 Å². The van der Waals surface area contributed by atoms with Gasteiger partial charge in [0.15, 0.2) is 0 Å². The zero-order valence-electron chi connectivity index (χ0n) is 12.7. The number of nitrogens with one attached hydrogen (secondary N) is 2. The molecule has 2 rings (SSSR count). The molecule has 0 radical (unpaired) electrons. The SMILES string of the molecule is O=C(NCCCn1ccnc1)NCc1ccc(OC(F)(F)F)cc1. The second-order valence-electron chi connectivity index (χ2n) is 4.96. The summed E-state index contributed by atoms with van der Waals surface area (Å²) in [6.07, 6.45) is 1.27. The number of alkyl halides is 3. The fourth-order valence-electron chi connectivity index (χ4n) is 1.94. The third kappa shape index (κ3) is 6.59. The summed E-state index contributed by atoms with van der Waals surface area (Å²) in [6, 6.07) is 4.98. The van der Waals surface area contributed by atoms with Crippen LogP contribution in [0.1, 0.15) is 12.0 Å². The normalized spacial score (nSPS) is 11.1. The van der Waals surface area contributed by atoms with Gasteiger partial charge in [0.1, 0.15) is 5.75 Å². The first-order valence-corrected chi connectivity index (χ1v) is 7.24. The quantitative estimate of drug-likeness (QED) is 0.760. The monoisotopic (exact) mass is 342 g/mol. The minimum Gasteiger partial charge on any atom is -0.406 e. The maximum absolute atomic E-state index is 12.0. The third-order valence-corrected chi connectivity index (χ3v) is 3.05. The molecule has 0 bridgehead atoms. The molecule has 0 fully saturated rings. The first-order chi connectivity index (χ1) is 11.4. The Morgan fingerprint density at radius 2 is 1.96 bits per heavy atom. The highest BCUT2D eigenvalue weighted by molar-refractivity contribution is 5.73. The van der Waals surface area contributed by atoms with Crippen molar-refractivity contribution in [3.8, 4) is 5.75 Å². The standard InChI is InChI=1S/C15H17F3N4O2/c16-15(17,18)24-13-4-2-12(3-5-13)10-21-14(23)20-6-1-8-22-9-7-19-11-22/h2-5,7,9,11H,1,6,8,10H2,(H2,20,21,23). The molecule has 2 amide bonds. The van der Waals surface area contributed by atoms with E-state index in [1.165, 1.54) is 24.3 Å². The summed E-state index contributed by atoms with van der Waals surface area (Å²) in [5.74, 6) is -0.296. The van der Waals surface area contributed by atoms with Crippen molar-refractivity contribution >= 4 is 6.03 Å². The third-order valence-electron chi connectivity index (χ3n) is 3.05. The topological polar surface area (TPSA) is 68.2 Å². The van der Waals surface area contributed by atoms with E-state index in [1.54, 1.807) is 12.5 Å². The van der Waals surface area contributed by atoms with Crippen molar-refractivity contribution in [2.75, 3.05) is 6.54 Å². The summed E-state index contributed by atoms with van der Waals surface area (Å²) < 4.78 is 41.8. The fourth-order valence-corrected chi connectivity index (χ4v) is 1.94.